The SMILES string of the molecule is Cc1cc2c(cc1C=O)[C@H](C)CC(C)(C)N2C. The van der Waals surface area contributed by atoms with Gasteiger partial charge in [0.15, 0.2) is 0 Å². The van der Waals surface area contributed by atoms with Gasteiger partial charge in [0.05, 0.1) is 0 Å². The third kappa shape index (κ3) is 1.86. The van der Waals surface area contributed by atoms with Crippen LogP contribution in [0, 0.1) is 6.92 Å². The van der Waals surface area contributed by atoms with Crippen LogP contribution in [0.5, 0.6) is 0 Å². The summed E-state index contributed by atoms with van der Waals surface area (Å²) in [5, 5.41) is 0. The first-order valence-corrected chi connectivity index (χ1v) is 6.20. The van der Waals surface area contributed by atoms with Gasteiger partial charge < -0.3 is 4.90 Å². The Morgan fingerprint density at radius 1 is 1.41 bits per heavy atom. The molecule has 0 spiro atoms. The molecule has 0 unspecified atom stereocenters. The molecule has 2 heteroatoms. The molecule has 2 nitrogen and oxygen atoms in total. The van der Waals surface area contributed by atoms with E-state index in [1.165, 1.54) is 11.3 Å². The third-order valence-electron chi connectivity index (χ3n) is 4.15. The zero-order chi connectivity index (χ0) is 12.8. The van der Waals surface area contributed by atoms with Crippen molar-refractivity contribution in [1.82, 2.24) is 0 Å². The molecule has 0 radical (unpaired) electrons. The van der Waals surface area contributed by atoms with Crippen molar-refractivity contribution in [1.29, 1.82) is 0 Å². The molecule has 2 rings (SSSR count). The lowest BCUT2D eigenvalue weighted by atomic mass is 9.79. The van der Waals surface area contributed by atoms with Crippen molar-refractivity contribution in [2.45, 2.75) is 45.6 Å². The highest BCUT2D eigenvalue weighted by atomic mass is 16.1. The minimum Gasteiger partial charge on any atom is -0.369 e. The van der Waals surface area contributed by atoms with Gasteiger partial charge in [-0.15, -0.1) is 0 Å². The van der Waals surface area contributed by atoms with Crippen LogP contribution in [0.25, 0.3) is 0 Å². The topological polar surface area (TPSA) is 20.3 Å². The summed E-state index contributed by atoms with van der Waals surface area (Å²) in [7, 11) is 2.14. The monoisotopic (exact) mass is 231 g/mol. The van der Waals surface area contributed by atoms with E-state index in [1.54, 1.807) is 0 Å². The van der Waals surface area contributed by atoms with Crippen LogP contribution in [0.4, 0.5) is 5.69 Å². The number of rotatable bonds is 1. The Labute approximate surface area is 104 Å². The summed E-state index contributed by atoms with van der Waals surface area (Å²) in [4.78, 5) is 13.4. The first kappa shape index (κ1) is 12.2. The fourth-order valence-corrected chi connectivity index (χ4v) is 2.86. The van der Waals surface area contributed by atoms with Crippen molar-refractivity contribution in [3.8, 4) is 0 Å². The number of benzene rings is 1. The predicted octanol–water partition coefficient (Wildman–Crippen LogP) is 3.53. The van der Waals surface area contributed by atoms with E-state index < -0.39 is 0 Å². The van der Waals surface area contributed by atoms with Crippen LogP contribution < -0.4 is 4.90 Å². The molecule has 0 amide bonds. The fourth-order valence-electron chi connectivity index (χ4n) is 2.86. The van der Waals surface area contributed by atoms with Gasteiger partial charge in [0.1, 0.15) is 6.29 Å². The maximum atomic E-state index is 11.0. The summed E-state index contributed by atoms with van der Waals surface area (Å²) in [6, 6.07) is 4.21. The number of carbonyl (C=O) groups excluding carboxylic acids is 1. The second-order valence-corrected chi connectivity index (χ2v) is 5.86. The van der Waals surface area contributed by atoms with Crippen LogP contribution >= 0.6 is 0 Å². The molecule has 0 bridgehead atoms. The lowest BCUT2D eigenvalue weighted by Gasteiger charge is -2.45. The number of fused-ring (bicyclic) bond motifs is 1. The first-order valence-electron chi connectivity index (χ1n) is 6.20. The quantitative estimate of drug-likeness (QED) is 0.689. The van der Waals surface area contributed by atoms with Crippen LogP contribution in [-0.4, -0.2) is 18.9 Å². The highest BCUT2D eigenvalue weighted by Gasteiger charge is 2.34. The van der Waals surface area contributed by atoms with Crippen molar-refractivity contribution in [3.05, 3.63) is 28.8 Å². The fraction of sp³-hybridized carbons (Fsp3) is 0.533. The molecule has 0 saturated heterocycles. The van der Waals surface area contributed by atoms with E-state index in [2.05, 4.69) is 44.9 Å². The molecular formula is C15H21NO. The number of anilines is 1. The molecule has 1 aliphatic heterocycles. The van der Waals surface area contributed by atoms with E-state index in [0.29, 0.717) is 5.92 Å². The average molecular weight is 231 g/mol. The molecule has 0 aliphatic carbocycles. The number of hydrogen-bond acceptors (Lipinski definition) is 2. The maximum Gasteiger partial charge on any atom is 0.150 e. The number of hydrogen-bond donors (Lipinski definition) is 0. The molecule has 1 atom stereocenters. The summed E-state index contributed by atoms with van der Waals surface area (Å²) in [5.74, 6) is 0.510. The third-order valence-corrected chi connectivity index (χ3v) is 4.15. The predicted molar refractivity (Wildman–Crippen MR) is 72.1 cm³/mol. The molecule has 1 heterocycles. The summed E-state index contributed by atoms with van der Waals surface area (Å²) in [6.07, 6.45) is 2.08. The Bertz CT molecular complexity index is 462. The normalized spacial score (nSPS) is 22.2. The number of aldehydes is 1. The molecule has 1 aliphatic rings. The number of aryl methyl sites for hydroxylation is 1. The van der Waals surface area contributed by atoms with Crippen molar-refractivity contribution < 1.29 is 4.79 Å². The highest BCUT2D eigenvalue weighted by Crippen LogP contribution is 2.43. The molecule has 17 heavy (non-hydrogen) atoms. The van der Waals surface area contributed by atoms with Gasteiger partial charge in [-0.25, -0.2) is 0 Å². The summed E-state index contributed by atoms with van der Waals surface area (Å²) < 4.78 is 0. The highest BCUT2D eigenvalue weighted by molar-refractivity contribution is 5.80. The summed E-state index contributed by atoms with van der Waals surface area (Å²) in [5.41, 5.74) is 4.65. The molecule has 1 aromatic carbocycles. The Morgan fingerprint density at radius 3 is 2.65 bits per heavy atom. The van der Waals surface area contributed by atoms with Crippen LogP contribution in [0.1, 0.15) is 54.6 Å². The van der Waals surface area contributed by atoms with Crippen molar-refractivity contribution in [2.75, 3.05) is 11.9 Å². The minimum atomic E-state index is 0.182. The number of nitrogens with zero attached hydrogens (tertiary/aromatic N) is 1. The maximum absolute atomic E-state index is 11.0. The largest absolute Gasteiger partial charge is 0.369 e. The van der Waals surface area contributed by atoms with Crippen LogP contribution in [-0.2, 0) is 0 Å². The van der Waals surface area contributed by atoms with Crippen LogP contribution in [0.15, 0.2) is 12.1 Å². The van der Waals surface area contributed by atoms with E-state index in [-0.39, 0.29) is 5.54 Å². The molecule has 0 aromatic heterocycles. The smallest absolute Gasteiger partial charge is 0.150 e. The van der Waals surface area contributed by atoms with E-state index >= 15 is 0 Å². The van der Waals surface area contributed by atoms with Gasteiger partial charge in [0.2, 0.25) is 0 Å². The second kappa shape index (κ2) is 3.86. The van der Waals surface area contributed by atoms with Gasteiger partial charge in [0, 0.05) is 23.8 Å². The van der Waals surface area contributed by atoms with E-state index in [0.717, 1.165) is 23.8 Å². The average Bonchev–Trinajstić information content (AvgIpc) is 2.25. The molecular weight excluding hydrogens is 210 g/mol. The lowest BCUT2D eigenvalue weighted by Crippen LogP contribution is -2.45. The zero-order valence-electron chi connectivity index (χ0n) is 11.4. The van der Waals surface area contributed by atoms with Gasteiger partial charge >= 0.3 is 0 Å². The molecule has 0 fully saturated rings. The van der Waals surface area contributed by atoms with Crippen molar-refractivity contribution in [2.24, 2.45) is 0 Å². The van der Waals surface area contributed by atoms with Gasteiger partial charge in [0.25, 0.3) is 0 Å². The zero-order valence-corrected chi connectivity index (χ0v) is 11.4. The second-order valence-electron chi connectivity index (χ2n) is 5.86. The number of carbonyl (C=O) groups is 1. The summed E-state index contributed by atoms with van der Waals surface area (Å²) >= 11 is 0. The molecule has 0 N–H and O–H groups in total. The Hall–Kier alpha value is -1.31. The first-order chi connectivity index (χ1) is 7.86. The van der Waals surface area contributed by atoms with Gasteiger partial charge in [-0.05, 0) is 56.4 Å². The molecule has 0 saturated carbocycles. The van der Waals surface area contributed by atoms with E-state index in [9.17, 15) is 4.79 Å². The van der Waals surface area contributed by atoms with Crippen molar-refractivity contribution in [3.63, 3.8) is 0 Å². The van der Waals surface area contributed by atoms with Crippen molar-refractivity contribution >= 4 is 12.0 Å². The van der Waals surface area contributed by atoms with E-state index in [4.69, 9.17) is 0 Å². The van der Waals surface area contributed by atoms with Crippen LogP contribution in [0.3, 0.4) is 0 Å². The lowest BCUT2D eigenvalue weighted by molar-refractivity contribution is 0.112. The van der Waals surface area contributed by atoms with Gasteiger partial charge in [-0.1, -0.05) is 6.92 Å². The van der Waals surface area contributed by atoms with Crippen LogP contribution in [0.2, 0.25) is 0 Å². The Balaban J connectivity index is 2.61. The summed E-state index contributed by atoms with van der Waals surface area (Å²) in [6.45, 7) is 8.80. The van der Waals surface area contributed by atoms with E-state index in [1.807, 2.05) is 6.92 Å². The van der Waals surface area contributed by atoms with Gasteiger partial charge in [-0.3, -0.25) is 4.79 Å². The Kier molecular flexibility index (Phi) is 2.76. The minimum absolute atomic E-state index is 0.182. The molecule has 1 aromatic rings. The molecule has 92 valence electrons. The standard InChI is InChI=1S/C15H21NO/c1-10-6-14-13(7-12(10)9-17)11(2)8-15(3,4)16(14)5/h6-7,9,11H,8H2,1-5H3/t11-/m1/s1. The van der Waals surface area contributed by atoms with Gasteiger partial charge in [-0.2, -0.15) is 0 Å². The Morgan fingerprint density at radius 2 is 2.06 bits per heavy atom.